The van der Waals surface area contributed by atoms with Crippen LogP contribution in [0, 0.1) is 13.8 Å². The number of carbonyl (C=O) groups excluding carboxylic acids is 1. The minimum absolute atomic E-state index is 0.0487. The summed E-state index contributed by atoms with van der Waals surface area (Å²) in [5.74, 6) is 0.0580. The topological polar surface area (TPSA) is 35.6 Å². The molecule has 1 N–H and O–H groups in total. The Bertz CT molecular complexity index is 800. The quantitative estimate of drug-likeness (QED) is 0.846. The van der Waals surface area contributed by atoms with E-state index in [9.17, 15) is 4.79 Å². The molecule has 1 fully saturated rings. The van der Waals surface area contributed by atoms with Crippen LogP contribution in [0.15, 0.2) is 42.5 Å². The van der Waals surface area contributed by atoms with Gasteiger partial charge in [0.25, 0.3) is 0 Å². The van der Waals surface area contributed by atoms with E-state index in [0.717, 1.165) is 31.7 Å². The number of anilines is 1. The highest BCUT2D eigenvalue weighted by Gasteiger charge is 2.21. The first kappa shape index (κ1) is 19.7. The first-order valence-electron chi connectivity index (χ1n) is 9.52. The Morgan fingerprint density at radius 1 is 1.11 bits per heavy atom. The zero-order chi connectivity index (χ0) is 19.4. The molecule has 3 rings (SSSR count). The van der Waals surface area contributed by atoms with Crippen molar-refractivity contribution in [2.45, 2.75) is 26.8 Å². The Morgan fingerprint density at radius 3 is 2.52 bits per heavy atom. The number of amides is 1. The van der Waals surface area contributed by atoms with Crippen molar-refractivity contribution in [3.63, 3.8) is 0 Å². The number of nitrogens with zero attached hydrogens (tertiary/aromatic N) is 2. The van der Waals surface area contributed by atoms with Crippen molar-refractivity contribution < 1.29 is 4.79 Å². The molecule has 0 spiro atoms. The molecule has 0 aliphatic carbocycles. The van der Waals surface area contributed by atoms with Crippen LogP contribution in [0.1, 0.15) is 29.7 Å². The van der Waals surface area contributed by atoms with Crippen LogP contribution >= 0.6 is 11.6 Å². The van der Waals surface area contributed by atoms with Gasteiger partial charge in [-0.25, -0.2) is 0 Å². The maximum Gasteiger partial charge on any atom is 0.234 e. The first-order valence-corrected chi connectivity index (χ1v) is 9.90. The normalized spacial score (nSPS) is 16.2. The molecule has 2 aromatic rings. The summed E-state index contributed by atoms with van der Waals surface area (Å²) in [6, 6.07) is 14.1. The Labute approximate surface area is 167 Å². The number of benzene rings is 2. The van der Waals surface area contributed by atoms with Crippen molar-refractivity contribution in [1.29, 1.82) is 0 Å². The second-order valence-corrected chi connectivity index (χ2v) is 7.76. The van der Waals surface area contributed by atoms with Crippen LogP contribution in [0.5, 0.6) is 0 Å². The van der Waals surface area contributed by atoms with Crippen molar-refractivity contribution in [3.05, 3.63) is 64.2 Å². The average molecular weight is 386 g/mol. The number of hydrogen-bond donors (Lipinski definition) is 1. The van der Waals surface area contributed by atoms with Crippen molar-refractivity contribution in [3.8, 4) is 0 Å². The molecule has 0 saturated carbocycles. The number of rotatable bonds is 5. The van der Waals surface area contributed by atoms with E-state index in [1.54, 1.807) is 0 Å². The van der Waals surface area contributed by atoms with Crippen molar-refractivity contribution >= 4 is 23.2 Å². The van der Waals surface area contributed by atoms with Gasteiger partial charge in [0.15, 0.2) is 0 Å². The van der Waals surface area contributed by atoms with Gasteiger partial charge in [-0.1, -0.05) is 35.9 Å². The summed E-state index contributed by atoms with van der Waals surface area (Å²) in [4.78, 5) is 17.1. The monoisotopic (exact) mass is 385 g/mol. The highest BCUT2D eigenvalue weighted by Crippen LogP contribution is 2.24. The van der Waals surface area contributed by atoms with Gasteiger partial charge in [0.1, 0.15) is 0 Å². The lowest BCUT2D eigenvalue weighted by Gasteiger charge is -2.36. The van der Waals surface area contributed by atoms with Gasteiger partial charge in [0.2, 0.25) is 5.91 Å². The van der Waals surface area contributed by atoms with Gasteiger partial charge in [-0.05, 0) is 55.7 Å². The minimum Gasteiger partial charge on any atom is -0.369 e. The highest BCUT2D eigenvalue weighted by molar-refractivity contribution is 6.30. The fourth-order valence-electron chi connectivity index (χ4n) is 3.57. The fraction of sp³-hybridized carbons (Fsp3) is 0.409. The van der Waals surface area contributed by atoms with E-state index in [4.69, 9.17) is 11.6 Å². The predicted octanol–water partition coefficient (Wildman–Crippen LogP) is 3.96. The molecule has 1 saturated heterocycles. The standard InChI is InChI=1S/C22H28ClN3O/c1-16-6-4-9-21(17(16)2)26-12-10-25(11-13-26)15-22(27)24-18(3)19-7-5-8-20(23)14-19/h4-9,14,18H,10-13,15H2,1-3H3,(H,24,27)/t18-/m1/s1. The molecule has 27 heavy (non-hydrogen) atoms. The Kier molecular flexibility index (Phi) is 6.40. The van der Waals surface area contributed by atoms with Gasteiger partial charge in [0.05, 0.1) is 12.6 Å². The number of aryl methyl sites for hydroxylation is 1. The number of carbonyl (C=O) groups is 1. The third-order valence-corrected chi connectivity index (χ3v) is 5.62. The predicted molar refractivity (Wildman–Crippen MR) is 113 cm³/mol. The molecule has 1 aliphatic rings. The summed E-state index contributed by atoms with van der Waals surface area (Å²) in [6.45, 7) is 10.4. The number of hydrogen-bond acceptors (Lipinski definition) is 3. The summed E-state index contributed by atoms with van der Waals surface area (Å²) in [7, 11) is 0. The van der Waals surface area contributed by atoms with Crippen LogP contribution in [-0.4, -0.2) is 43.5 Å². The molecule has 0 unspecified atom stereocenters. The molecular weight excluding hydrogens is 358 g/mol. The van der Waals surface area contributed by atoms with Crippen LogP contribution in [0.2, 0.25) is 5.02 Å². The third kappa shape index (κ3) is 5.02. The van der Waals surface area contributed by atoms with Crippen LogP contribution in [0.3, 0.4) is 0 Å². The van der Waals surface area contributed by atoms with Gasteiger partial charge >= 0.3 is 0 Å². The second kappa shape index (κ2) is 8.77. The van der Waals surface area contributed by atoms with Gasteiger partial charge in [-0.15, -0.1) is 0 Å². The zero-order valence-electron chi connectivity index (χ0n) is 16.3. The summed E-state index contributed by atoms with van der Waals surface area (Å²) in [6.07, 6.45) is 0. The molecule has 1 heterocycles. The average Bonchev–Trinajstić information content (AvgIpc) is 2.64. The van der Waals surface area contributed by atoms with E-state index >= 15 is 0 Å². The van der Waals surface area contributed by atoms with Crippen LogP contribution in [0.4, 0.5) is 5.69 Å². The molecule has 0 aromatic heterocycles. The molecule has 1 amide bonds. The van der Waals surface area contributed by atoms with Crippen LogP contribution in [-0.2, 0) is 4.79 Å². The van der Waals surface area contributed by atoms with Crippen molar-refractivity contribution in [2.24, 2.45) is 0 Å². The van der Waals surface area contributed by atoms with Crippen molar-refractivity contribution in [1.82, 2.24) is 10.2 Å². The molecule has 4 nitrogen and oxygen atoms in total. The maximum atomic E-state index is 12.4. The van der Waals surface area contributed by atoms with Crippen LogP contribution < -0.4 is 10.2 Å². The van der Waals surface area contributed by atoms with E-state index in [0.29, 0.717) is 11.6 Å². The fourth-order valence-corrected chi connectivity index (χ4v) is 3.77. The molecule has 1 aliphatic heterocycles. The molecule has 2 aromatic carbocycles. The van der Waals surface area contributed by atoms with E-state index in [1.165, 1.54) is 16.8 Å². The highest BCUT2D eigenvalue weighted by atomic mass is 35.5. The van der Waals surface area contributed by atoms with E-state index in [1.807, 2.05) is 31.2 Å². The smallest absolute Gasteiger partial charge is 0.234 e. The lowest BCUT2D eigenvalue weighted by molar-refractivity contribution is -0.123. The first-order chi connectivity index (χ1) is 12.9. The number of nitrogens with one attached hydrogen (secondary N) is 1. The van der Waals surface area contributed by atoms with Gasteiger partial charge in [0, 0.05) is 36.9 Å². The molecule has 1 atom stereocenters. The largest absolute Gasteiger partial charge is 0.369 e. The number of halogens is 1. The Balaban J connectivity index is 1.50. The summed E-state index contributed by atoms with van der Waals surface area (Å²) < 4.78 is 0. The van der Waals surface area contributed by atoms with Crippen molar-refractivity contribution in [2.75, 3.05) is 37.6 Å². The van der Waals surface area contributed by atoms with E-state index in [2.05, 4.69) is 47.2 Å². The summed E-state index contributed by atoms with van der Waals surface area (Å²) in [5, 5.41) is 3.77. The Morgan fingerprint density at radius 2 is 1.81 bits per heavy atom. The van der Waals surface area contributed by atoms with E-state index < -0.39 is 0 Å². The SMILES string of the molecule is Cc1cccc(N2CCN(CC(=O)N[C@H](C)c3cccc(Cl)c3)CC2)c1C. The molecule has 0 radical (unpaired) electrons. The summed E-state index contributed by atoms with van der Waals surface area (Å²) >= 11 is 6.04. The molecular formula is C22H28ClN3O. The van der Waals surface area contributed by atoms with Gasteiger partial charge < -0.3 is 10.2 Å². The minimum atomic E-state index is -0.0487. The van der Waals surface area contributed by atoms with Crippen LogP contribution in [0.25, 0.3) is 0 Å². The zero-order valence-corrected chi connectivity index (χ0v) is 17.1. The summed E-state index contributed by atoms with van der Waals surface area (Å²) in [5.41, 5.74) is 5.01. The van der Waals surface area contributed by atoms with Gasteiger partial charge in [-0.2, -0.15) is 0 Å². The lowest BCUT2D eigenvalue weighted by Crippen LogP contribution is -2.49. The van der Waals surface area contributed by atoms with E-state index in [-0.39, 0.29) is 11.9 Å². The second-order valence-electron chi connectivity index (χ2n) is 7.33. The molecule has 0 bridgehead atoms. The molecule has 144 valence electrons. The number of piperazine rings is 1. The molecule has 5 heteroatoms. The lowest BCUT2D eigenvalue weighted by atomic mass is 10.1. The maximum absolute atomic E-state index is 12.4. The van der Waals surface area contributed by atoms with Gasteiger partial charge in [-0.3, -0.25) is 9.69 Å². The third-order valence-electron chi connectivity index (χ3n) is 5.38. The Hall–Kier alpha value is -2.04.